The average Bonchev–Trinajstić information content (AvgIpc) is 2.29. The Morgan fingerprint density at radius 3 is 2.62 bits per heavy atom. The molecule has 0 saturated heterocycles. The van der Waals surface area contributed by atoms with Crippen LogP contribution in [-0.4, -0.2) is 24.5 Å². The summed E-state index contributed by atoms with van der Waals surface area (Å²) in [5.74, 6) is 1.19. The molecule has 0 heterocycles. The van der Waals surface area contributed by atoms with Crippen LogP contribution in [0.5, 0.6) is 0 Å². The van der Waals surface area contributed by atoms with Crippen LogP contribution in [0, 0.1) is 3.57 Å². The van der Waals surface area contributed by atoms with E-state index < -0.39 is 0 Å². The number of hydrogen-bond acceptors (Lipinski definition) is 2. The van der Waals surface area contributed by atoms with Crippen molar-refractivity contribution in [2.45, 2.75) is 12.8 Å². The lowest BCUT2D eigenvalue weighted by atomic mass is 10.2. The number of hydrogen-bond donors (Lipinski definition) is 1. The topological polar surface area (TPSA) is 29.1 Å². The van der Waals surface area contributed by atoms with E-state index in [1.807, 2.05) is 36.0 Å². The van der Waals surface area contributed by atoms with Crippen molar-refractivity contribution in [3.63, 3.8) is 0 Å². The first-order valence-corrected chi connectivity index (χ1v) is 7.74. The molecule has 0 saturated carbocycles. The number of carbonyl (C=O) groups is 1. The molecule has 1 N–H and O–H groups in total. The van der Waals surface area contributed by atoms with Crippen molar-refractivity contribution in [3.05, 3.63) is 33.4 Å². The summed E-state index contributed by atoms with van der Waals surface area (Å²) in [6.45, 7) is 0.769. The smallest absolute Gasteiger partial charge is 0.251 e. The number of halogens is 1. The van der Waals surface area contributed by atoms with Crippen LogP contribution in [0.2, 0.25) is 0 Å². The molecule has 1 amide bonds. The maximum atomic E-state index is 11.7. The fraction of sp³-hybridized carbons (Fsp3) is 0.417. The third-order valence-corrected chi connectivity index (χ3v) is 3.58. The van der Waals surface area contributed by atoms with Gasteiger partial charge in [0, 0.05) is 15.7 Å². The SMILES string of the molecule is CSCCCCNC(=O)c1ccc(I)cc1. The molecular formula is C12H16INOS. The summed E-state index contributed by atoms with van der Waals surface area (Å²) in [6, 6.07) is 7.62. The van der Waals surface area contributed by atoms with E-state index in [2.05, 4.69) is 34.2 Å². The van der Waals surface area contributed by atoms with Crippen molar-refractivity contribution in [1.82, 2.24) is 5.32 Å². The minimum Gasteiger partial charge on any atom is -0.352 e. The molecule has 0 radical (unpaired) electrons. The molecule has 16 heavy (non-hydrogen) atoms. The lowest BCUT2D eigenvalue weighted by molar-refractivity contribution is 0.0953. The van der Waals surface area contributed by atoms with Crippen molar-refractivity contribution in [3.8, 4) is 0 Å². The lowest BCUT2D eigenvalue weighted by Gasteiger charge is -2.04. The largest absolute Gasteiger partial charge is 0.352 e. The first kappa shape index (κ1) is 13.8. The minimum atomic E-state index is 0.0283. The van der Waals surface area contributed by atoms with Gasteiger partial charge in [0.15, 0.2) is 0 Å². The van der Waals surface area contributed by atoms with Gasteiger partial charge in [-0.05, 0) is 71.7 Å². The van der Waals surface area contributed by atoms with Gasteiger partial charge in [0.25, 0.3) is 5.91 Å². The number of rotatable bonds is 6. The molecule has 0 aliphatic carbocycles. The van der Waals surface area contributed by atoms with E-state index >= 15 is 0 Å². The van der Waals surface area contributed by atoms with Gasteiger partial charge in [-0.3, -0.25) is 4.79 Å². The number of unbranched alkanes of at least 4 members (excludes halogenated alkanes) is 1. The van der Waals surface area contributed by atoms with Crippen LogP contribution < -0.4 is 5.32 Å². The van der Waals surface area contributed by atoms with Crippen molar-refractivity contribution in [2.75, 3.05) is 18.6 Å². The molecule has 0 aliphatic rings. The predicted octanol–water partition coefficient (Wildman–Crippen LogP) is 3.16. The Balaban J connectivity index is 2.27. The lowest BCUT2D eigenvalue weighted by Crippen LogP contribution is -2.24. The first-order chi connectivity index (χ1) is 7.74. The van der Waals surface area contributed by atoms with Gasteiger partial charge in [0.2, 0.25) is 0 Å². The maximum absolute atomic E-state index is 11.7. The van der Waals surface area contributed by atoms with E-state index in [4.69, 9.17) is 0 Å². The van der Waals surface area contributed by atoms with E-state index in [0.29, 0.717) is 0 Å². The second kappa shape index (κ2) is 7.95. The number of benzene rings is 1. The summed E-state index contributed by atoms with van der Waals surface area (Å²) in [7, 11) is 0. The summed E-state index contributed by atoms with van der Waals surface area (Å²) < 4.78 is 1.15. The summed E-state index contributed by atoms with van der Waals surface area (Å²) in [6.07, 6.45) is 4.31. The quantitative estimate of drug-likeness (QED) is 0.631. The van der Waals surface area contributed by atoms with Gasteiger partial charge in [0.1, 0.15) is 0 Å². The van der Waals surface area contributed by atoms with Gasteiger partial charge < -0.3 is 5.32 Å². The second-order valence-electron chi connectivity index (χ2n) is 3.46. The Morgan fingerprint density at radius 1 is 1.31 bits per heavy atom. The molecule has 0 aliphatic heterocycles. The van der Waals surface area contributed by atoms with E-state index in [1.165, 1.54) is 5.75 Å². The summed E-state index contributed by atoms with van der Waals surface area (Å²) in [5.41, 5.74) is 0.741. The molecule has 1 rings (SSSR count). The molecule has 88 valence electrons. The van der Waals surface area contributed by atoms with Crippen molar-refractivity contribution < 1.29 is 4.79 Å². The van der Waals surface area contributed by atoms with Crippen LogP contribution in [0.25, 0.3) is 0 Å². The number of thioether (sulfide) groups is 1. The third-order valence-electron chi connectivity index (χ3n) is 2.17. The van der Waals surface area contributed by atoms with E-state index in [-0.39, 0.29) is 5.91 Å². The molecule has 1 aromatic rings. The summed E-state index contributed by atoms with van der Waals surface area (Å²) >= 11 is 4.07. The highest BCUT2D eigenvalue weighted by Gasteiger charge is 2.03. The van der Waals surface area contributed by atoms with Crippen LogP contribution in [-0.2, 0) is 0 Å². The zero-order chi connectivity index (χ0) is 11.8. The molecule has 4 heteroatoms. The zero-order valence-electron chi connectivity index (χ0n) is 9.33. The molecule has 0 aromatic heterocycles. The van der Waals surface area contributed by atoms with Crippen LogP contribution in [0.15, 0.2) is 24.3 Å². The Morgan fingerprint density at radius 2 is 2.00 bits per heavy atom. The molecular weight excluding hydrogens is 333 g/mol. The Hall–Kier alpha value is -0.230. The molecule has 2 nitrogen and oxygen atoms in total. The molecule has 0 fully saturated rings. The van der Waals surface area contributed by atoms with Crippen LogP contribution in [0.4, 0.5) is 0 Å². The minimum absolute atomic E-state index is 0.0283. The fourth-order valence-electron chi connectivity index (χ4n) is 1.28. The molecule has 0 spiro atoms. The second-order valence-corrected chi connectivity index (χ2v) is 5.69. The van der Waals surface area contributed by atoms with Gasteiger partial charge in [0.05, 0.1) is 0 Å². The van der Waals surface area contributed by atoms with Gasteiger partial charge in [-0.2, -0.15) is 11.8 Å². The summed E-state index contributed by atoms with van der Waals surface area (Å²) in [5, 5.41) is 2.93. The van der Waals surface area contributed by atoms with Crippen molar-refractivity contribution in [2.24, 2.45) is 0 Å². The number of carbonyl (C=O) groups excluding carboxylic acids is 1. The summed E-state index contributed by atoms with van der Waals surface area (Å²) in [4.78, 5) is 11.7. The Bertz CT molecular complexity index is 326. The third kappa shape index (κ3) is 5.21. The van der Waals surface area contributed by atoms with Gasteiger partial charge in [-0.1, -0.05) is 0 Å². The van der Waals surface area contributed by atoms with Gasteiger partial charge in [-0.15, -0.1) is 0 Å². The highest BCUT2D eigenvalue weighted by atomic mass is 127. The maximum Gasteiger partial charge on any atom is 0.251 e. The molecule has 0 unspecified atom stereocenters. The van der Waals surface area contributed by atoms with Crippen LogP contribution >= 0.6 is 34.4 Å². The molecule has 0 bridgehead atoms. The fourth-order valence-corrected chi connectivity index (χ4v) is 2.13. The number of nitrogens with one attached hydrogen (secondary N) is 1. The first-order valence-electron chi connectivity index (χ1n) is 5.26. The monoisotopic (exact) mass is 349 g/mol. The van der Waals surface area contributed by atoms with Gasteiger partial charge >= 0.3 is 0 Å². The van der Waals surface area contributed by atoms with E-state index in [0.717, 1.165) is 28.5 Å². The van der Waals surface area contributed by atoms with E-state index in [9.17, 15) is 4.79 Å². The average molecular weight is 349 g/mol. The van der Waals surface area contributed by atoms with E-state index in [1.54, 1.807) is 0 Å². The van der Waals surface area contributed by atoms with Crippen molar-refractivity contribution in [1.29, 1.82) is 0 Å². The van der Waals surface area contributed by atoms with Crippen molar-refractivity contribution >= 4 is 40.3 Å². The predicted molar refractivity (Wildman–Crippen MR) is 79.1 cm³/mol. The van der Waals surface area contributed by atoms with Gasteiger partial charge in [-0.25, -0.2) is 0 Å². The standard InChI is InChI=1S/C12H16INOS/c1-16-9-3-2-8-14-12(15)10-4-6-11(13)7-5-10/h4-7H,2-3,8-9H2,1H3,(H,14,15). The normalized spacial score (nSPS) is 10.1. The Labute approximate surface area is 115 Å². The zero-order valence-corrected chi connectivity index (χ0v) is 12.3. The number of amides is 1. The highest BCUT2D eigenvalue weighted by Crippen LogP contribution is 2.06. The van der Waals surface area contributed by atoms with Crippen LogP contribution in [0.3, 0.4) is 0 Å². The highest BCUT2D eigenvalue weighted by molar-refractivity contribution is 14.1. The Kier molecular flexibility index (Phi) is 6.87. The van der Waals surface area contributed by atoms with Crippen LogP contribution in [0.1, 0.15) is 23.2 Å². The molecule has 1 aromatic carbocycles. The molecule has 0 atom stereocenters.